The summed E-state index contributed by atoms with van der Waals surface area (Å²) in [5.74, 6) is 0.972. The summed E-state index contributed by atoms with van der Waals surface area (Å²) in [5.41, 5.74) is 7.08. The van der Waals surface area contributed by atoms with Crippen molar-refractivity contribution in [3.05, 3.63) is 35.4 Å². The van der Waals surface area contributed by atoms with E-state index in [9.17, 15) is 9.59 Å². The molecule has 1 amide bonds. The number of carbonyl (C=O) groups is 2. The highest BCUT2D eigenvalue weighted by molar-refractivity contribution is 5.95. The van der Waals surface area contributed by atoms with Gasteiger partial charge >= 0.3 is 0 Å². The molecule has 6 N–H and O–H groups in total. The van der Waals surface area contributed by atoms with E-state index in [4.69, 9.17) is 11.1 Å². The van der Waals surface area contributed by atoms with E-state index in [2.05, 4.69) is 16.0 Å². The summed E-state index contributed by atoms with van der Waals surface area (Å²) in [4.78, 5) is 26.3. The molecule has 7 heteroatoms. The van der Waals surface area contributed by atoms with Crippen LogP contribution >= 0.6 is 0 Å². The number of rotatable bonds is 6. The SMILES string of the molecule is N=C(N)c1ccc(CNC(=O)[C@H]2NCCC2C(=O)C2NCC[C@@H]3CCCC[C@H]23)cc1. The second-order valence-corrected chi connectivity index (χ2v) is 8.99. The number of hydrogen-bond acceptors (Lipinski definition) is 5. The van der Waals surface area contributed by atoms with Crippen molar-refractivity contribution in [2.45, 2.75) is 57.2 Å². The summed E-state index contributed by atoms with van der Waals surface area (Å²) in [5, 5.41) is 17.2. The lowest BCUT2D eigenvalue weighted by molar-refractivity contribution is -0.133. The first-order valence-electron chi connectivity index (χ1n) is 11.3. The lowest BCUT2D eigenvalue weighted by Gasteiger charge is -2.42. The van der Waals surface area contributed by atoms with Gasteiger partial charge in [0.15, 0.2) is 5.78 Å². The summed E-state index contributed by atoms with van der Waals surface area (Å²) >= 11 is 0. The van der Waals surface area contributed by atoms with Gasteiger partial charge in [0.25, 0.3) is 0 Å². The van der Waals surface area contributed by atoms with Crippen molar-refractivity contribution in [1.82, 2.24) is 16.0 Å². The standard InChI is InChI=1S/C23H33N5O2/c24-22(25)16-7-5-14(6-8-16)13-28-23(30)20-18(10-12-27-20)21(29)19-17-4-2-1-3-15(17)9-11-26-19/h5-8,15,17-20,26-27H,1-4,9-13H2,(H3,24,25)(H,28,30)/t15-,17-,18?,19?,20-/m0/s1. The van der Waals surface area contributed by atoms with Gasteiger partial charge in [-0.15, -0.1) is 0 Å². The predicted molar refractivity (Wildman–Crippen MR) is 116 cm³/mol. The van der Waals surface area contributed by atoms with E-state index in [0.29, 0.717) is 30.5 Å². The summed E-state index contributed by atoms with van der Waals surface area (Å²) in [6.07, 6.45) is 6.75. The highest BCUT2D eigenvalue weighted by Gasteiger charge is 2.45. The first kappa shape index (κ1) is 21.0. The van der Waals surface area contributed by atoms with Crippen LogP contribution in [0.2, 0.25) is 0 Å². The average molecular weight is 412 g/mol. The van der Waals surface area contributed by atoms with Crippen molar-refractivity contribution in [1.29, 1.82) is 5.41 Å². The highest BCUT2D eigenvalue weighted by Crippen LogP contribution is 2.38. The predicted octanol–water partition coefficient (Wildman–Crippen LogP) is 1.30. The molecule has 1 aromatic carbocycles. The zero-order valence-corrected chi connectivity index (χ0v) is 17.5. The van der Waals surface area contributed by atoms with Gasteiger partial charge in [-0.25, -0.2) is 0 Å². The molecular weight excluding hydrogens is 378 g/mol. The van der Waals surface area contributed by atoms with Gasteiger partial charge in [-0.3, -0.25) is 15.0 Å². The molecule has 0 spiro atoms. The number of benzene rings is 1. The van der Waals surface area contributed by atoms with E-state index in [1.165, 1.54) is 25.7 Å². The minimum Gasteiger partial charge on any atom is -0.384 e. The van der Waals surface area contributed by atoms with Crippen LogP contribution in [0.1, 0.15) is 49.7 Å². The van der Waals surface area contributed by atoms with Crippen molar-refractivity contribution in [2.24, 2.45) is 23.5 Å². The average Bonchev–Trinajstić information content (AvgIpc) is 3.27. The molecule has 0 bridgehead atoms. The Morgan fingerprint density at radius 1 is 1.00 bits per heavy atom. The number of fused-ring (bicyclic) bond motifs is 1. The lowest BCUT2D eigenvalue weighted by atomic mass is 9.69. The Balaban J connectivity index is 1.37. The minimum atomic E-state index is -0.459. The fourth-order valence-corrected chi connectivity index (χ4v) is 5.54. The maximum absolute atomic E-state index is 13.4. The van der Waals surface area contributed by atoms with Crippen molar-refractivity contribution < 1.29 is 9.59 Å². The summed E-state index contributed by atoms with van der Waals surface area (Å²) in [7, 11) is 0. The van der Waals surface area contributed by atoms with Gasteiger partial charge in [-0.2, -0.15) is 0 Å². The molecule has 0 aromatic heterocycles. The fraction of sp³-hybridized carbons (Fsp3) is 0.609. The van der Waals surface area contributed by atoms with Crippen LogP contribution in [0.25, 0.3) is 0 Å². The molecule has 1 aromatic rings. The van der Waals surface area contributed by atoms with Gasteiger partial charge in [0.2, 0.25) is 5.91 Å². The van der Waals surface area contributed by atoms with Gasteiger partial charge < -0.3 is 21.7 Å². The number of piperidine rings is 1. The Morgan fingerprint density at radius 3 is 2.47 bits per heavy atom. The maximum atomic E-state index is 13.4. The first-order chi connectivity index (χ1) is 14.5. The summed E-state index contributed by atoms with van der Waals surface area (Å²) < 4.78 is 0. The van der Waals surface area contributed by atoms with Crippen LogP contribution in [0.5, 0.6) is 0 Å². The zero-order chi connectivity index (χ0) is 21.1. The van der Waals surface area contributed by atoms with Crippen LogP contribution in [0.15, 0.2) is 24.3 Å². The molecule has 2 saturated heterocycles. The van der Waals surface area contributed by atoms with Crippen molar-refractivity contribution in [3.63, 3.8) is 0 Å². The number of nitrogens with two attached hydrogens (primary N) is 1. The molecule has 162 valence electrons. The summed E-state index contributed by atoms with van der Waals surface area (Å²) in [6.45, 7) is 2.00. The van der Waals surface area contributed by atoms with E-state index in [-0.39, 0.29) is 29.5 Å². The Kier molecular flexibility index (Phi) is 6.49. The van der Waals surface area contributed by atoms with Gasteiger partial charge in [-0.05, 0) is 49.8 Å². The number of amidine groups is 1. The number of carbonyl (C=O) groups excluding carboxylic acids is 2. The molecule has 7 nitrogen and oxygen atoms in total. The molecule has 1 saturated carbocycles. The Bertz CT molecular complexity index is 791. The Labute approximate surface area is 178 Å². The minimum absolute atomic E-state index is 0.0265. The highest BCUT2D eigenvalue weighted by atomic mass is 16.2. The maximum Gasteiger partial charge on any atom is 0.238 e. The van der Waals surface area contributed by atoms with Crippen LogP contribution in [-0.2, 0) is 16.1 Å². The normalized spacial score (nSPS) is 31.0. The third kappa shape index (κ3) is 4.42. The Hall–Kier alpha value is -2.25. The molecule has 3 aliphatic rings. The zero-order valence-electron chi connectivity index (χ0n) is 17.5. The molecule has 2 aliphatic heterocycles. The third-order valence-electron chi connectivity index (χ3n) is 7.18. The second-order valence-electron chi connectivity index (χ2n) is 8.99. The number of nitrogen functional groups attached to an aromatic ring is 1. The molecule has 5 atom stereocenters. The Morgan fingerprint density at radius 2 is 1.70 bits per heavy atom. The number of nitrogens with one attached hydrogen (secondary N) is 4. The smallest absolute Gasteiger partial charge is 0.238 e. The molecule has 3 fully saturated rings. The summed E-state index contributed by atoms with van der Waals surface area (Å²) in [6, 6.07) is 6.72. The van der Waals surface area contributed by atoms with E-state index < -0.39 is 6.04 Å². The molecule has 4 rings (SSSR count). The van der Waals surface area contributed by atoms with Crippen molar-refractivity contribution in [3.8, 4) is 0 Å². The van der Waals surface area contributed by atoms with Gasteiger partial charge in [-0.1, -0.05) is 43.5 Å². The van der Waals surface area contributed by atoms with E-state index in [0.717, 1.165) is 24.9 Å². The topological polar surface area (TPSA) is 120 Å². The van der Waals surface area contributed by atoms with Crippen LogP contribution in [-0.4, -0.2) is 42.7 Å². The fourth-order valence-electron chi connectivity index (χ4n) is 5.54. The third-order valence-corrected chi connectivity index (χ3v) is 7.18. The number of amides is 1. The molecule has 2 unspecified atom stereocenters. The first-order valence-corrected chi connectivity index (χ1v) is 11.3. The van der Waals surface area contributed by atoms with Crippen LogP contribution in [0.4, 0.5) is 0 Å². The van der Waals surface area contributed by atoms with Crippen LogP contribution < -0.4 is 21.7 Å². The van der Waals surface area contributed by atoms with Crippen LogP contribution in [0.3, 0.4) is 0 Å². The van der Waals surface area contributed by atoms with E-state index >= 15 is 0 Å². The van der Waals surface area contributed by atoms with E-state index in [1.807, 2.05) is 12.1 Å². The lowest BCUT2D eigenvalue weighted by Crippen LogP contribution is -2.56. The number of ketones is 1. The van der Waals surface area contributed by atoms with Crippen molar-refractivity contribution in [2.75, 3.05) is 13.1 Å². The second kappa shape index (κ2) is 9.27. The molecule has 2 heterocycles. The number of Topliss-reactive ketones (excluding diaryl/α,β-unsaturated/α-hetero) is 1. The van der Waals surface area contributed by atoms with Crippen LogP contribution in [0, 0.1) is 23.2 Å². The van der Waals surface area contributed by atoms with Gasteiger partial charge in [0.05, 0.1) is 12.1 Å². The largest absolute Gasteiger partial charge is 0.384 e. The monoisotopic (exact) mass is 411 g/mol. The molecule has 0 radical (unpaired) electrons. The van der Waals surface area contributed by atoms with Crippen molar-refractivity contribution >= 4 is 17.5 Å². The molecule has 30 heavy (non-hydrogen) atoms. The van der Waals surface area contributed by atoms with Gasteiger partial charge in [0.1, 0.15) is 5.84 Å². The molecular formula is C23H33N5O2. The van der Waals surface area contributed by atoms with Gasteiger partial charge in [0, 0.05) is 18.0 Å². The quantitative estimate of drug-likeness (QED) is 0.357. The molecule has 1 aliphatic carbocycles. The van der Waals surface area contributed by atoms with E-state index in [1.54, 1.807) is 12.1 Å². The number of hydrogen-bond donors (Lipinski definition) is 5.